The fourth-order valence-corrected chi connectivity index (χ4v) is 1.50. The number of cyclic esters (lactones) is 1. The van der Waals surface area contributed by atoms with Gasteiger partial charge in [0.15, 0.2) is 0 Å². The quantitative estimate of drug-likeness (QED) is 0.780. The van der Waals surface area contributed by atoms with Crippen LogP contribution < -0.4 is 5.32 Å². The summed E-state index contributed by atoms with van der Waals surface area (Å²) in [4.78, 5) is 24.1. The molecule has 0 aromatic carbocycles. The SMILES string of the molecule is CC(C)(C)CC(=O)NCCN1CCOC1=O. The largest absolute Gasteiger partial charge is 0.448 e. The molecular formula is C11H20N2O3. The zero-order valence-electron chi connectivity index (χ0n) is 10.2. The van der Waals surface area contributed by atoms with E-state index in [0.717, 1.165) is 0 Å². The highest BCUT2D eigenvalue weighted by molar-refractivity contribution is 5.76. The van der Waals surface area contributed by atoms with E-state index in [4.69, 9.17) is 4.74 Å². The minimum absolute atomic E-state index is 0.00332. The maximum Gasteiger partial charge on any atom is 0.409 e. The molecule has 0 aromatic heterocycles. The van der Waals surface area contributed by atoms with Crippen molar-refractivity contribution in [3.05, 3.63) is 0 Å². The predicted octanol–water partition coefficient (Wildman–Crippen LogP) is 0.991. The number of hydrogen-bond acceptors (Lipinski definition) is 3. The van der Waals surface area contributed by atoms with E-state index < -0.39 is 0 Å². The molecule has 92 valence electrons. The molecule has 1 N–H and O–H groups in total. The molecule has 5 nitrogen and oxygen atoms in total. The molecule has 2 amide bonds. The Hall–Kier alpha value is -1.26. The number of nitrogens with one attached hydrogen (secondary N) is 1. The van der Waals surface area contributed by atoms with Crippen molar-refractivity contribution in [1.82, 2.24) is 10.2 Å². The van der Waals surface area contributed by atoms with Gasteiger partial charge in [0.25, 0.3) is 0 Å². The highest BCUT2D eigenvalue weighted by atomic mass is 16.6. The van der Waals surface area contributed by atoms with Gasteiger partial charge in [0.2, 0.25) is 5.91 Å². The van der Waals surface area contributed by atoms with Crippen LogP contribution in [0.5, 0.6) is 0 Å². The van der Waals surface area contributed by atoms with Crippen LogP contribution in [0.1, 0.15) is 27.2 Å². The summed E-state index contributed by atoms with van der Waals surface area (Å²) in [6.07, 6.45) is 0.210. The van der Waals surface area contributed by atoms with Gasteiger partial charge >= 0.3 is 6.09 Å². The highest BCUT2D eigenvalue weighted by Gasteiger charge is 2.21. The zero-order chi connectivity index (χ0) is 12.2. The van der Waals surface area contributed by atoms with Gasteiger partial charge in [-0.3, -0.25) is 4.79 Å². The minimum Gasteiger partial charge on any atom is -0.448 e. The van der Waals surface area contributed by atoms with Crippen LogP contribution in [0.3, 0.4) is 0 Å². The van der Waals surface area contributed by atoms with E-state index >= 15 is 0 Å². The van der Waals surface area contributed by atoms with Crippen molar-refractivity contribution in [2.24, 2.45) is 5.41 Å². The second-order valence-electron chi connectivity index (χ2n) is 5.19. The number of carbonyl (C=O) groups is 2. The average molecular weight is 228 g/mol. The van der Waals surface area contributed by atoms with E-state index in [1.807, 2.05) is 20.8 Å². The fourth-order valence-electron chi connectivity index (χ4n) is 1.50. The lowest BCUT2D eigenvalue weighted by Crippen LogP contribution is -2.36. The summed E-state index contributed by atoms with van der Waals surface area (Å²) in [5.41, 5.74) is -0.00332. The molecule has 0 spiro atoms. The first-order chi connectivity index (χ1) is 7.38. The second-order valence-corrected chi connectivity index (χ2v) is 5.19. The summed E-state index contributed by atoms with van der Waals surface area (Å²) in [5, 5.41) is 2.80. The van der Waals surface area contributed by atoms with Crippen molar-refractivity contribution in [2.45, 2.75) is 27.2 Å². The van der Waals surface area contributed by atoms with Crippen molar-refractivity contribution in [3.8, 4) is 0 Å². The Balaban J connectivity index is 2.15. The summed E-state index contributed by atoms with van der Waals surface area (Å²) >= 11 is 0. The summed E-state index contributed by atoms with van der Waals surface area (Å²) in [6, 6.07) is 0. The van der Waals surface area contributed by atoms with E-state index in [-0.39, 0.29) is 17.4 Å². The van der Waals surface area contributed by atoms with Crippen molar-refractivity contribution in [2.75, 3.05) is 26.2 Å². The third kappa shape index (κ3) is 4.51. The third-order valence-corrected chi connectivity index (χ3v) is 2.24. The molecule has 0 aromatic rings. The van der Waals surface area contributed by atoms with E-state index in [0.29, 0.717) is 32.7 Å². The molecule has 0 radical (unpaired) electrons. The molecule has 1 fully saturated rings. The van der Waals surface area contributed by atoms with Gasteiger partial charge in [-0.15, -0.1) is 0 Å². The monoisotopic (exact) mass is 228 g/mol. The predicted molar refractivity (Wildman–Crippen MR) is 60.0 cm³/mol. The summed E-state index contributed by atoms with van der Waals surface area (Å²) in [6.45, 7) is 8.14. The fraction of sp³-hybridized carbons (Fsp3) is 0.818. The number of carbonyl (C=O) groups excluding carboxylic acids is 2. The van der Waals surface area contributed by atoms with Gasteiger partial charge in [0.1, 0.15) is 6.61 Å². The zero-order valence-corrected chi connectivity index (χ0v) is 10.2. The number of ether oxygens (including phenoxy) is 1. The van der Waals surface area contributed by atoms with Crippen molar-refractivity contribution in [1.29, 1.82) is 0 Å². The summed E-state index contributed by atoms with van der Waals surface area (Å²) in [5.74, 6) is 0.0278. The molecule has 0 bridgehead atoms. The summed E-state index contributed by atoms with van der Waals surface area (Å²) < 4.78 is 4.78. The maximum absolute atomic E-state index is 11.5. The third-order valence-electron chi connectivity index (χ3n) is 2.24. The molecule has 1 aliphatic heterocycles. The Morgan fingerprint density at radius 1 is 1.50 bits per heavy atom. The van der Waals surface area contributed by atoms with Crippen molar-refractivity contribution in [3.63, 3.8) is 0 Å². The van der Waals surface area contributed by atoms with Crippen molar-refractivity contribution < 1.29 is 14.3 Å². The molecule has 5 heteroatoms. The average Bonchev–Trinajstić information content (AvgIpc) is 2.48. The summed E-state index contributed by atoms with van der Waals surface area (Å²) in [7, 11) is 0. The Morgan fingerprint density at radius 2 is 2.19 bits per heavy atom. The molecule has 16 heavy (non-hydrogen) atoms. The van der Waals surface area contributed by atoms with Crippen LogP contribution in [0.25, 0.3) is 0 Å². The second kappa shape index (κ2) is 5.18. The Labute approximate surface area is 96.1 Å². The van der Waals surface area contributed by atoms with Gasteiger partial charge in [0, 0.05) is 19.5 Å². The molecule has 1 rings (SSSR count). The lowest BCUT2D eigenvalue weighted by atomic mass is 9.92. The van der Waals surface area contributed by atoms with Crippen LogP contribution in [0.15, 0.2) is 0 Å². The van der Waals surface area contributed by atoms with E-state index in [1.165, 1.54) is 0 Å². The normalized spacial score (nSPS) is 16.2. The standard InChI is InChI=1S/C11H20N2O3/c1-11(2,3)8-9(14)12-4-5-13-6-7-16-10(13)15/h4-8H2,1-3H3,(H,12,14). The van der Waals surface area contributed by atoms with Crippen LogP contribution in [0.4, 0.5) is 4.79 Å². The van der Waals surface area contributed by atoms with Gasteiger partial charge in [-0.25, -0.2) is 4.79 Å². The molecule has 1 saturated heterocycles. The molecular weight excluding hydrogens is 208 g/mol. The first-order valence-electron chi connectivity index (χ1n) is 5.57. The smallest absolute Gasteiger partial charge is 0.409 e. The van der Waals surface area contributed by atoms with Gasteiger partial charge in [-0.2, -0.15) is 0 Å². The Bertz CT molecular complexity index is 271. The van der Waals surface area contributed by atoms with Gasteiger partial charge in [-0.05, 0) is 5.41 Å². The van der Waals surface area contributed by atoms with Crippen LogP contribution >= 0.6 is 0 Å². The van der Waals surface area contributed by atoms with Crippen molar-refractivity contribution >= 4 is 12.0 Å². The highest BCUT2D eigenvalue weighted by Crippen LogP contribution is 2.17. The van der Waals surface area contributed by atoms with Crippen LogP contribution in [-0.4, -0.2) is 43.1 Å². The van der Waals surface area contributed by atoms with Gasteiger partial charge in [-0.1, -0.05) is 20.8 Å². The maximum atomic E-state index is 11.5. The molecule has 1 aliphatic rings. The molecule has 0 saturated carbocycles. The number of nitrogens with zero attached hydrogens (tertiary/aromatic N) is 1. The van der Waals surface area contributed by atoms with E-state index in [2.05, 4.69) is 5.32 Å². The number of rotatable bonds is 4. The molecule has 0 atom stereocenters. The Morgan fingerprint density at radius 3 is 2.69 bits per heavy atom. The van der Waals surface area contributed by atoms with Gasteiger partial charge < -0.3 is 15.0 Å². The van der Waals surface area contributed by atoms with E-state index in [9.17, 15) is 9.59 Å². The first kappa shape index (κ1) is 12.8. The first-order valence-corrected chi connectivity index (χ1v) is 5.57. The topological polar surface area (TPSA) is 58.6 Å². The lowest BCUT2D eigenvalue weighted by molar-refractivity contribution is -0.122. The van der Waals surface area contributed by atoms with Crippen LogP contribution in [0, 0.1) is 5.41 Å². The lowest BCUT2D eigenvalue weighted by Gasteiger charge is -2.18. The minimum atomic E-state index is -0.287. The Kier molecular flexibility index (Phi) is 4.15. The van der Waals surface area contributed by atoms with Gasteiger partial charge in [0.05, 0.1) is 6.54 Å². The van der Waals surface area contributed by atoms with E-state index in [1.54, 1.807) is 4.90 Å². The van der Waals surface area contributed by atoms with Crippen LogP contribution in [-0.2, 0) is 9.53 Å². The number of amides is 2. The molecule has 0 aliphatic carbocycles. The molecule has 0 unspecified atom stereocenters. The number of hydrogen-bond donors (Lipinski definition) is 1. The van der Waals surface area contributed by atoms with Crippen LogP contribution in [0.2, 0.25) is 0 Å². The molecule has 1 heterocycles.